The number of nitrogens with one attached hydrogen (secondary N) is 1. The Morgan fingerprint density at radius 1 is 1.36 bits per heavy atom. The van der Waals surface area contributed by atoms with Crippen molar-refractivity contribution < 1.29 is 8.42 Å². The maximum Gasteiger partial charge on any atom is 0.279 e. The van der Waals surface area contributed by atoms with Crippen molar-refractivity contribution in [2.45, 2.75) is 32.7 Å². The van der Waals surface area contributed by atoms with Crippen LogP contribution in [-0.4, -0.2) is 38.9 Å². The quantitative estimate of drug-likeness (QED) is 0.633. The molecule has 0 fully saturated rings. The molecule has 0 aromatic heterocycles. The third-order valence-electron chi connectivity index (χ3n) is 2.27. The van der Waals surface area contributed by atoms with Gasteiger partial charge in [-0.25, -0.2) is 4.72 Å². The highest BCUT2D eigenvalue weighted by atomic mass is 32.2. The van der Waals surface area contributed by atoms with Crippen molar-refractivity contribution in [3.05, 3.63) is 0 Å². The zero-order chi connectivity index (χ0) is 11.2. The first kappa shape index (κ1) is 13.8. The molecule has 0 amide bonds. The molecule has 86 valence electrons. The molecule has 0 bridgehead atoms. The molecule has 0 rings (SSSR count). The average molecular weight is 223 g/mol. The second kappa shape index (κ2) is 6.34. The molecule has 6 heteroatoms. The van der Waals surface area contributed by atoms with E-state index in [2.05, 4.69) is 4.72 Å². The first-order valence-electron chi connectivity index (χ1n) is 4.93. The van der Waals surface area contributed by atoms with Gasteiger partial charge in [0.2, 0.25) is 0 Å². The lowest BCUT2D eigenvalue weighted by Crippen LogP contribution is -2.47. The van der Waals surface area contributed by atoms with E-state index in [0.29, 0.717) is 13.1 Å². The number of nitrogens with zero attached hydrogens (tertiary/aromatic N) is 1. The molecule has 0 aliphatic carbocycles. The minimum Gasteiger partial charge on any atom is -0.329 e. The Kier molecular flexibility index (Phi) is 6.26. The zero-order valence-electron chi connectivity index (χ0n) is 9.16. The Morgan fingerprint density at radius 2 is 1.86 bits per heavy atom. The zero-order valence-corrected chi connectivity index (χ0v) is 9.97. The van der Waals surface area contributed by atoms with Crippen LogP contribution in [0.5, 0.6) is 0 Å². The second-order valence-corrected chi connectivity index (χ2v) is 4.91. The highest BCUT2D eigenvalue weighted by Gasteiger charge is 2.25. The van der Waals surface area contributed by atoms with Gasteiger partial charge in [-0.15, -0.1) is 0 Å². The molecule has 0 unspecified atom stereocenters. The predicted octanol–water partition coefficient (Wildman–Crippen LogP) is -0.100. The largest absolute Gasteiger partial charge is 0.329 e. The smallest absolute Gasteiger partial charge is 0.279 e. The van der Waals surface area contributed by atoms with Crippen molar-refractivity contribution in [2.75, 3.05) is 20.1 Å². The summed E-state index contributed by atoms with van der Waals surface area (Å²) >= 11 is 0. The van der Waals surface area contributed by atoms with Crippen LogP contribution in [0.4, 0.5) is 0 Å². The van der Waals surface area contributed by atoms with Crippen LogP contribution in [0.1, 0.15) is 26.7 Å². The molecule has 5 nitrogen and oxygen atoms in total. The molecule has 0 radical (unpaired) electrons. The molecule has 0 aliphatic heterocycles. The van der Waals surface area contributed by atoms with Crippen molar-refractivity contribution in [2.24, 2.45) is 5.73 Å². The highest BCUT2D eigenvalue weighted by Crippen LogP contribution is 2.11. The SMILES string of the molecule is CCC(CC)N(CCN)S(=O)(=O)NC. The third-order valence-corrected chi connectivity index (χ3v) is 3.88. The van der Waals surface area contributed by atoms with Crippen molar-refractivity contribution >= 4 is 10.2 Å². The fourth-order valence-corrected chi connectivity index (χ4v) is 2.71. The van der Waals surface area contributed by atoms with Crippen LogP contribution in [0, 0.1) is 0 Å². The van der Waals surface area contributed by atoms with Gasteiger partial charge in [0.25, 0.3) is 10.2 Å². The molecule has 0 spiro atoms. The molecular weight excluding hydrogens is 202 g/mol. The summed E-state index contributed by atoms with van der Waals surface area (Å²) in [5.74, 6) is 0. The van der Waals surface area contributed by atoms with E-state index in [0.717, 1.165) is 12.8 Å². The van der Waals surface area contributed by atoms with Gasteiger partial charge in [-0.2, -0.15) is 12.7 Å². The summed E-state index contributed by atoms with van der Waals surface area (Å²) in [6, 6.07) is 0.0380. The molecule has 0 atom stereocenters. The van der Waals surface area contributed by atoms with Gasteiger partial charge in [-0.1, -0.05) is 13.8 Å². The summed E-state index contributed by atoms with van der Waals surface area (Å²) in [7, 11) is -1.92. The van der Waals surface area contributed by atoms with Crippen LogP contribution in [0.25, 0.3) is 0 Å². The van der Waals surface area contributed by atoms with Crippen LogP contribution in [0.15, 0.2) is 0 Å². The predicted molar refractivity (Wildman–Crippen MR) is 58.1 cm³/mol. The molecule has 0 heterocycles. The molecule has 0 aromatic rings. The van der Waals surface area contributed by atoms with Crippen molar-refractivity contribution in [1.29, 1.82) is 0 Å². The van der Waals surface area contributed by atoms with Crippen LogP contribution < -0.4 is 10.5 Å². The summed E-state index contributed by atoms with van der Waals surface area (Å²) in [5, 5.41) is 0. The molecule has 3 N–H and O–H groups in total. The van der Waals surface area contributed by atoms with Crippen molar-refractivity contribution in [3.8, 4) is 0 Å². The van der Waals surface area contributed by atoms with E-state index >= 15 is 0 Å². The first-order chi connectivity index (χ1) is 6.53. The van der Waals surface area contributed by atoms with E-state index < -0.39 is 10.2 Å². The fourth-order valence-electron chi connectivity index (χ4n) is 1.44. The summed E-state index contributed by atoms with van der Waals surface area (Å²) in [6.07, 6.45) is 1.61. The molecular formula is C8H21N3O2S. The minimum atomic E-state index is -3.34. The lowest BCUT2D eigenvalue weighted by Gasteiger charge is -2.28. The second-order valence-electron chi connectivity index (χ2n) is 3.08. The Labute approximate surface area is 86.8 Å². The van der Waals surface area contributed by atoms with Crippen LogP contribution in [0.3, 0.4) is 0 Å². The van der Waals surface area contributed by atoms with E-state index in [-0.39, 0.29) is 6.04 Å². The van der Waals surface area contributed by atoms with E-state index in [1.165, 1.54) is 11.4 Å². The fraction of sp³-hybridized carbons (Fsp3) is 1.00. The van der Waals surface area contributed by atoms with Gasteiger partial charge in [0.1, 0.15) is 0 Å². The molecule has 0 saturated heterocycles. The maximum absolute atomic E-state index is 11.6. The van der Waals surface area contributed by atoms with E-state index in [1.54, 1.807) is 0 Å². The Morgan fingerprint density at radius 3 is 2.14 bits per heavy atom. The number of nitrogens with two attached hydrogens (primary N) is 1. The van der Waals surface area contributed by atoms with E-state index in [4.69, 9.17) is 5.73 Å². The average Bonchev–Trinajstić information content (AvgIpc) is 2.18. The molecule has 0 saturated carbocycles. The summed E-state index contributed by atoms with van der Waals surface area (Å²) in [6.45, 7) is 4.67. The first-order valence-corrected chi connectivity index (χ1v) is 6.37. The van der Waals surface area contributed by atoms with Gasteiger partial charge in [-0.3, -0.25) is 0 Å². The third kappa shape index (κ3) is 3.53. The van der Waals surface area contributed by atoms with Crippen molar-refractivity contribution in [3.63, 3.8) is 0 Å². The maximum atomic E-state index is 11.6. The van der Waals surface area contributed by atoms with Gasteiger partial charge in [0, 0.05) is 26.2 Å². The van der Waals surface area contributed by atoms with E-state index in [9.17, 15) is 8.42 Å². The lowest BCUT2D eigenvalue weighted by atomic mass is 10.2. The van der Waals surface area contributed by atoms with Crippen LogP contribution in [-0.2, 0) is 10.2 Å². The molecule has 0 aromatic carbocycles. The standard InChI is InChI=1S/C8H21N3O2S/c1-4-8(5-2)11(7-6-9)14(12,13)10-3/h8,10H,4-7,9H2,1-3H3. The molecule has 14 heavy (non-hydrogen) atoms. The van der Waals surface area contributed by atoms with Crippen LogP contribution >= 0.6 is 0 Å². The van der Waals surface area contributed by atoms with Gasteiger partial charge in [0.15, 0.2) is 0 Å². The minimum absolute atomic E-state index is 0.0380. The highest BCUT2D eigenvalue weighted by molar-refractivity contribution is 7.87. The van der Waals surface area contributed by atoms with Crippen molar-refractivity contribution in [1.82, 2.24) is 9.03 Å². The van der Waals surface area contributed by atoms with Gasteiger partial charge < -0.3 is 5.73 Å². The molecule has 0 aliphatic rings. The Balaban J connectivity index is 4.74. The summed E-state index contributed by atoms with van der Waals surface area (Å²) in [5.41, 5.74) is 5.39. The normalized spacial score (nSPS) is 12.7. The van der Waals surface area contributed by atoms with Crippen LogP contribution in [0.2, 0.25) is 0 Å². The summed E-state index contributed by atoms with van der Waals surface area (Å²) < 4.78 is 27.0. The van der Waals surface area contributed by atoms with Gasteiger partial charge in [0.05, 0.1) is 0 Å². The summed E-state index contributed by atoms with van der Waals surface area (Å²) in [4.78, 5) is 0. The number of rotatable bonds is 7. The Hall–Kier alpha value is -0.170. The van der Waals surface area contributed by atoms with E-state index in [1.807, 2.05) is 13.8 Å². The monoisotopic (exact) mass is 223 g/mol. The lowest BCUT2D eigenvalue weighted by molar-refractivity contribution is 0.306. The van der Waals surface area contributed by atoms with Gasteiger partial charge >= 0.3 is 0 Å². The number of hydrogen-bond donors (Lipinski definition) is 2. The Bertz CT molecular complexity index is 237. The number of hydrogen-bond acceptors (Lipinski definition) is 3. The topological polar surface area (TPSA) is 75.4 Å². The van der Waals surface area contributed by atoms with Gasteiger partial charge in [-0.05, 0) is 12.8 Å².